The number of hydrogen-bond donors (Lipinski definition) is 1. The SMILES string of the molecule is C[C@H](NCc1cc(F)ccc1F)c1ccc2c(c1)OCO2. The van der Waals surface area contributed by atoms with Gasteiger partial charge in [-0.3, -0.25) is 0 Å². The average molecular weight is 291 g/mol. The molecule has 0 spiro atoms. The van der Waals surface area contributed by atoms with Gasteiger partial charge in [0, 0.05) is 18.2 Å². The van der Waals surface area contributed by atoms with Crippen molar-refractivity contribution in [2.45, 2.75) is 19.5 Å². The summed E-state index contributed by atoms with van der Waals surface area (Å²) < 4.78 is 37.3. The van der Waals surface area contributed by atoms with Gasteiger partial charge in [-0.25, -0.2) is 8.78 Å². The highest BCUT2D eigenvalue weighted by atomic mass is 19.1. The number of hydrogen-bond acceptors (Lipinski definition) is 3. The molecule has 110 valence electrons. The molecule has 21 heavy (non-hydrogen) atoms. The van der Waals surface area contributed by atoms with E-state index in [9.17, 15) is 8.78 Å². The van der Waals surface area contributed by atoms with E-state index in [0.717, 1.165) is 23.4 Å². The van der Waals surface area contributed by atoms with Crippen LogP contribution in [0.4, 0.5) is 8.78 Å². The number of ether oxygens (including phenoxy) is 2. The molecule has 1 heterocycles. The van der Waals surface area contributed by atoms with Crippen LogP contribution in [0.25, 0.3) is 0 Å². The number of benzene rings is 2. The maximum absolute atomic E-state index is 13.6. The Bertz CT molecular complexity index is 661. The van der Waals surface area contributed by atoms with Crippen LogP contribution in [-0.4, -0.2) is 6.79 Å². The van der Waals surface area contributed by atoms with Crippen molar-refractivity contribution in [3.8, 4) is 11.5 Å². The zero-order valence-corrected chi connectivity index (χ0v) is 11.5. The van der Waals surface area contributed by atoms with Crippen LogP contribution in [0.1, 0.15) is 24.1 Å². The van der Waals surface area contributed by atoms with Crippen LogP contribution in [0, 0.1) is 11.6 Å². The van der Waals surface area contributed by atoms with Gasteiger partial charge in [0.1, 0.15) is 11.6 Å². The van der Waals surface area contributed by atoms with Crippen molar-refractivity contribution in [2.24, 2.45) is 0 Å². The summed E-state index contributed by atoms with van der Waals surface area (Å²) in [6.07, 6.45) is 0. The summed E-state index contributed by atoms with van der Waals surface area (Å²) in [5.74, 6) is 0.575. The van der Waals surface area contributed by atoms with Gasteiger partial charge in [0.25, 0.3) is 0 Å². The van der Waals surface area contributed by atoms with E-state index in [2.05, 4.69) is 5.32 Å². The molecule has 0 amide bonds. The van der Waals surface area contributed by atoms with Gasteiger partial charge < -0.3 is 14.8 Å². The zero-order chi connectivity index (χ0) is 14.8. The van der Waals surface area contributed by atoms with Crippen molar-refractivity contribution < 1.29 is 18.3 Å². The fourth-order valence-electron chi connectivity index (χ4n) is 2.24. The maximum Gasteiger partial charge on any atom is 0.231 e. The van der Waals surface area contributed by atoms with Crippen molar-refractivity contribution in [1.82, 2.24) is 5.32 Å². The highest BCUT2D eigenvalue weighted by Gasteiger charge is 2.15. The van der Waals surface area contributed by atoms with Crippen LogP contribution in [0.3, 0.4) is 0 Å². The highest BCUT2D eigenvalue weighted by Crippen LogP contribution is 2.34. The maximum atomic E-state index is 13.6. The molecule has 0 unspecified atom stereocenters. The molecule has 0 saturated carbocycles. The smallest absolute Gasteiger partial charge is 0.231 e. The fourth-order valence-corrected chi connectivity index (χ4v) is 2.24. The van der Waals surface area contributed by atoms with Crippen molar-refractivity contribution in [3.63, 3.8) is 0 Å². The predicted molar refractivity (Wildman–Crippen MR) is 74.2 cm³/mol. The molecule has 1 aliphatic heterocycles. The van der Waals surface area contributed by atoms with Crippen molar-refractivity contribution in [3.05, 3.63) is 59.2 Å². The minimum atomic E-state index is -0.441. The second-order valence-electron chi connectivity index (χ2n) is 4.95. The van der Waals surface area contributed by atoms with Crippen LogP contribution in [-0.2, 0) is 6.54 Å². The van der Waals surface area contributed by atoms with Gasteiger partial charge in [0.2, 0.25) is 6.79 Å². The normalized spacial score (nSPS) is 14.2. The Labute approximate surface area is 121 Å². The summed E-state index contributed by atoms with van der Waals surface area (Å²) in [5, 5.41) is 3.17. The largest absolute Gasteiger partial charge is 0.454 e. The monoisotopic (exact) mass is 291 g/mol. The summed E-state index contributed by atoms with van der Waals surface area (Å²) in [7, 11) is 0. The van der Waals surface area contributed by atoms with E-state index in [1.807, 2.05) is 25.1 Å². The Morgan fingerprint density at radius 3 is 2.76 bits per heavy atom. The average Bonchev–Trinajstić information content (AvgIpc) is 2.95. The molecular formula is C16H15F2NO2. The molecule has 0 radical (unpaired) electrons. The van der Waals surface area contributed by atoms with Crippen LogP contribution >= 0.6 is 0 Å². The molecule has 1 N–H and O–H groups in total. The van der Waals surface area contributed by atoms with E-state index in [1.165, 1.54) is 6.07 Å². The van der Waals surface area contributed by atoms with Crippen LogP contribution < -0.4 is 14.8 Å². The molecule has 3 nitrogen and oxygen atoms in total. The van der Waals surface area contributed by atoms with Crippen molar-refractivity contribution >= 4 is 0 Å². The standard InChI is InChI=1S/C16H15F2NO2/c1-10(11-2-5-15-16(7-11)21-9-20-15)19-8-12-6-13(17)3-4-14(12)18/h2-7,10,19H,8-9H2,1H3/t10-/m0/s1. The Balaban J connectivity index is 1.69. The van der Waals surface area contributed by atoms with E-state index in [1.54, 1.807) is 0 Å². The van der Waals surface area contributed by atoms with Gasteiger partial charge in [-0.15, -0.1) is 0 Å². The molecule has 2 aromatic rings. The van der Waals surface area contributed by atoms with Crippen LogP contribution in [0.2, 0.25) is 0 Å². The first kappa shape index (κ1) is 13.8. The molecular weight excluding hydrogens is 276 g/mol. The van der Waals surface area contributed by atoms with Crippen molar-refractivity contribution in [1.29, 1.82) is 0 Å². The topological polar surface area (TPSA) is 30.5 Å². The van der Waals surface area contributed by atoms with Gasteiger partial charge in [-0.05, 0) is 42.8 Å². The van der Waals surface area contributed by atoms with Gasteiger partial charge in [0.15, 0.2) is 11.5 Å². The highest BCUT2D eigenvalue weighted by molar-refractivity contribution is 5.45. The van der Waals surface area contributed by atoms with Gasteiger partial charge >= 0.3 is 0 Å². The third-order valence-corrected chi connectivity index (χ3v) is 3.50. The van der Waals surface area contributed by atoms with E-state index in [-0.39, 0.29) is 19.4 Å². The van der Waals surface area contributed by atoms with Gasteiger partial charge in [-0.1, -0.05) is 6.07 Å². The molecule has 5 heteroatoms. The summed E-state index contributed by atoms with van der Waals surface area (Å²) in [5.41, 5.74) is 1.30. The van der Waals surface area contributed by atoms with Gasteiger partial charge in [-0.2, -0.15) is 0 Å². The Morgan fingerprint density at radius 2 is 1.90 bits per heavy atom. The predicted octanol–water partition coefficient (Wildman–Crippen LogP) is 3.54. The summed E-state index contributed by atoms with van der Waals surface area (Å²) in [6, 6.07) is 9.09. The molecule has 1 aliphatic rings. The first-order valence-corrected chi connectivity index (χ1v) is 6.70. The summed E-state index contributed by atoms with van der Waals surface area (Å²) in [4.78, 5) is 0. The van der Waals surface area contributed by atoms with E-state index in [4.69, 9.17) is 9.47 Å². The minimum absolute atomic E-state index is 0.0258. The summed E-state index contributed by atoms with van der Waals surface area (Å²) >= 11 is 0. The van der Waals surface area contributed by atoms with E-state index >= 15 is 0 Å². The Morgan fingerprint density at radius 1 is 1.10 bits per heavy atom. The Kier molecular flexibility index (Phi) is 3.75. The van der Waals surface area contributed by atoms with E-state index < -0.39 is 11.6 Å². The second-order valence-corrected chi connectivity index (χ2v) is 4.95. The lowest BCUT2D eigenvalue weighted by Crippen LogP contribution is -2.18. The van der Waals surface area contributed by atoms with Crippen molar-refractivity contribution in [2.75, 3.05) is 6.79 Å². The molecule has 2 aromatic carbocycles. The van der Waals surface area contributed by atoms with Crippen LogP contribution in [0.5, 0.6) is 11.5 Å². The molecule has 0 bridgehead atoms. The molecule has 1 atom stereocenters. The van der Waals surface area contributed by atoms with Crippen LogP contribution in [0.15, 0.2) is 36.4 Å². The second kappa shape index (κ2) is 5.69. The molecule has 0 aliphatic carbocycles. The minimum Gasteiger partial charge on any atom is -0.454 e. The Hall–Kier alpha value is -2.14. The number of rotatable bonds is 4. The third-order valence-electron chi connectivity index (χ3n) is 3.50. The number of halogens is 2. The van der Waals surface area contributed by atoms with Gasteiger partial charge in [0.05, 0.1) is 0 Å². The molecule has 0 fully saturated rings. The molecule has 0 saturated heterocycles. The quantitative estimate of drug-likeness (QED) is 0.934. The lowest BCUT2D eigenvalue weighted by molar-refractivity contribution is 0.174. The lowest BCUT2D eigenvalue weighted by atomic mass is 10.1. The van der Waals surface area contributed by atoms with E-state index in [0.29, 0.717) is 11.3 Å². The zero-order valence-electron chi connectivity index (χ0n) is 11.5. The molecule has 3 rings (SSSR count). The number of nitrogens with one attached hydrogen (secondary N) is 1. The lowest BCUT2D eigenvalue weighted by Gasteiger charge is -2.15. The number of fused-ring (bicyclic) bond motifs is 1. The summed E-state index contributed by atoms with van der Waals surface area (Å²) in [6.45, 7) is 2.43. The fraction of sp³-hybridized carbons (Fsp3) is 0.250. The molecule has 0 aromatic heterocycles. The first-order chi connectivity index (χ1) is 10.1. The first-order valence-electron chi connectivity index (χ1n) is 6.70. The third kappa shape index (κ3) is 2.97.